The number of rotatable bonds is 4. The summed E-state index contributed by atoms with van der Waals surface area (Å²) in [5, 5.41) is 4.15. The number of hydrogen-bond donors (Lipinski definition) is 0. The number of likely N-dealkylation sites (tertiary alicyclic amines) is 1. The van der Waals surface area contributed by atoms with Gasteiger partial charge in [0.15, 0.2) is 0 Å². The zero-order valence-corrected chi connectivity index (χ0v) is 18.1. The normalized spacial score (nSPS) is 21.3. The van der Waals surface area contributed by atoms with Gasteiger partial charge in [0.1, 0.15) is 0 Å². The molecule has 0 radical (unpaired) electrons. The molecule has 6 heteroatoms. The van der Waals surface area contributed by atoms with E-state index in [1.165, 1.54) is 11.1 Å². The Morgan fingerprint density at radius 1 is 1.16 bits per heavy atom. The van der Waals surface area contributed by atoms with Crippen molar-refractivity contribution in [2.75, 3.05) is 18.0 Å². The standard InChI is InChI=1S/C25H28N4O2/c1-17-9-11-19(12-10-17)24-26-23(31-27-24)16-28-13-5-7-21(15-28)25(30)29-18(2)14-20-6-3-4-8-22(20)29/h3-4,6,8-12,18,21H,5,7,13-16H2,1-2H3. The number of anilines is 1. The van der Waals surface area contributed by atoms with Crippen LogP contribution in [0.25, 0.3) is 11.4 Å². The number of nitrogens with zero attached hydrogens (tertiary/aromatic N) is 4. The van der Waals surface area contributed by atoms with Gasteiger partial charge < -0.3 is 9.42 Å². The summed E-state index contributed by atoms with van der Waals surface area (Å²) in [5.41, 5.74) is 4.50. The van der Waals surface area contributed by atoms with Crippen LogP contribution in [0.2, 0.25) is 0 Å². The van der Waals surface area contributed by atoms with E-state index in [0.717, 1.165) is 43.6 Å². The summed E-state index contributed by atoms with van der Waals surface area (Å²) in [4.78, 5) is 22.3. The molecule has 0 aliphatic carbocycles. The van der Waals surface area contributed by atoms with Crippen LogP contribution in [-0.2, 0) is 17.8 Å². The third-order valence-corrected chi connectivity index (χ3v) is 6.44. The fourth-order valence-electron chi connectivity index (χ4n) is 4.83. The van der Waals surface area contributed by atoms with Gasteiger partial charge in [-0.25, -0.2) is 0 Å². The van der Waals surface area contributed by atoms with Crippen LogP contribution in [0.1, 0.15) is 36.8 Å². The molecule has 1 fully saturated rings. The molecule has 3 aromatic rings. The van der Waals surface area contributed by atoms with Crippen molar-refractivity contribution in [2.24, 2.45) is 5.92 Å². The number of aryl methyl sites for hydroxylation is 1. The summed E-state index contributed by atoms with van der Waals surface area (Å²) >= 11 is 0. The quantitative estimate of drug-likeness (QED) is 0.637. The molecule has 0 bridgehead atoms. The predicted octanol–water partition coefficient (Wildman–Crippen LogP) is 4.23. The van der Waals surface area contributed by atoms with E-state index >= 15 is 0 Å². The molecule has 2 aliphatic rings. The highest BCUT2D eigenvalue weighted by Crippen LogP contribution is 2.34. The van der Waals surface area contributed by atoms with E-state index < -0.39 is 0 Å². The van der Waals surface area contributed by atoms with Gasteiger partial charge >= 0.3 is 0 Å². The van der Waals surface area contributed by atoms with Gasteiger partial charge in [0.05, 0.1) is 12.5 Å². The lowest BCUT2D eigenvalue weighted by molar-refractivity contribution is -0.124. The zero-order valence-electron chi connectivity index (χ0n) is 18.1. The molecule has 2 aliphatic heterocycles. The summed E-state index contributed by atoms with van der Waals surface area (Å²) in [7, 11) is 0. The first-order valence-electron chi connectivity index (χ1n) is 11.1. The number of piperidine rings is 1. The minimum atomic E-state index is 0.00171. The van der Waals surface area contributed by atoms with Crippen molar-refractivity contribution in [1.82, 2.24) is 15.0 Å². The molecule has 6 nitrogen and oxygen atoms in total. The number of amides is 1. The molecule has 3 heterocycles. The lowest BCUT2D eigenvalue weighted by Gasteiger charge is -2.34. The van der Waals surface area contributed by atoms with Gasteiger partial charge in [0, 0.05) is 23.8 Å². The lowest BCUT2D eigenvalue weighted by Crippen LogP contribution is -2.46. The van der Waals surface area contributed by atoms with Crippen LogP contribution in [0.15, 0.2) is 53.1 Å². The summed E-state index contributed by atoms with van der Waals surface area (Å²) < 4.78 is 5.51. The molecule has 160 valence electrons. The van der Waals surface area contributed by atoms with Crippen molar-refractivity contribution in [2.45, 2.75) is 45.7 Å². The van der Waals surface area contributed by atoms with Crippen LogP contribution in [0.4, 0.5) is 5.69 Å². The van der Waals surface area contributed by atoms with Crippen molar-refractivity contribution in [3.63, 3.8) is 0 Å². The largest absolute Gasteiger partial charge is 0.338 e. The maximum atomic E-state index is 13.4. The Morgan fingerprint density at radius 3 is 2.81 bits per heavy atom. The van der Waals surface area contributed by atoms with E-state index in [1.54, 1.807) is 0 Å². The summed E-state index contributed by atoms with van der Waals surface area (Å²) in [6.07, 6.45) is 2.86. The van der Waals surface area contributed by atoms with Gasteiger partial charge in [-0.3, -0.25) is 9.69 Å². The lowest BCUT2D eigenvalue weighted by atomic mass is 9.96. The Kier molecular flexibility index (Phi) is 5.32. The number of carbonyl (C=O) groups is 1. The molecule has 1 aromatic heterocycles. The molecular weight excluding hydrogens is 388 g/mol. The van der Waals surface area contributed by atoms with Crippen LogP contribution >= 0.6 is 0 Å². The number of carbonyl (C=O) groups excluding carboxylic acids is 1. The summed E-state index contributed by atoms with van der Waals surface area (Å²) in [6, 6.07) is 16.6. The smallest absolute Gasteiger partial charge is 0.241 e. The Balaban J connectivity index is 1.26. The Bertz CT molecular complexity index is 1080. The van der Waals surface area contributed by atoms with E-state index in [9.17, 15) is 4.79 Å². The van der Waals surface area contributed by atoms with Crippen LogP contribution in [0.3, 0.4) is 0 Å². The van der Waals surface area contributed by atoms with E-state index in [-0.39, 0.29) is 17.9 Å². The fourth-order valence-corrected chi connectivity index (χ4v) is 4.83. The second-order valence-corrected chi connectivity index (χ2v) is 8.84. The maximum absolute atomic E-state index is 13.4. The molecule has 1 amide bonds. The zero-order chi connectivity index (χ0) is 21.4. The Hall–Kier alpha value is -2.99. The maximum Gasteiger partial charge on any atom is 0.241 e. The predicted molar refractivity (Wildman–Crippen MR) is 120 cm³/mol. The SMILES string of the molecule is Cc1ccc(-c2noc(CN3CCCC(C(=O)N4c5ccccc5CC4C)C3)n2)cc1. The second-order valence-electron chi connectivity index (χ2n) is 8.84. The number of para-hydroxylation sites is 1. The number of hydrogen-bond acceptors (Lipinski definition) is 5. The number of benzene rings is 2. The minimum absolute atomic E-state index is 0.00171. The third kappa shape index (κ3) is 4.00. The van der Waals surface area contributed by atoms with Gasteiger partial charge in [-0.2, -0.15) is 4.98 Å². The number of fused-ring (bicyclic) bond motifs is 1. The van der Waals surface area contributed by atoms with Crippen LogP contribution in [0, 0.1) is 12.8 Å². The van der Waals surface area contributed by atoms with Crippen molar-refractivity contribution in [1.29, 1.82) is 0 Å². The fraction of sp³-hybridized carbons (Fsp3) is 0.400. The van der Waals surface area contributed by atoms with Crippen molar-refractivity contribution in [3.8, 4) is 11.4 Å². The first-order valence-corrected chi connectivity index (χ1v) is 11.1. The highest BCUT2D eigenvalue weighted by Gasteiger charge is 2.36. The average molecular weight is 417 g/mol. The van der Waals surface area contributed by atoms with E-state index in [2.05, 4.69) is 47.1 Å². The Labute approximate surface area is 182 Å². The van der Waals surface area contributed by atoms with E-state index in [4.69, 9.17) is 4.52 Å². The molecule has 2 atom stereocenters. The summed E-state index contributed by atoms with van der Waals surface area (Å²) in [5.74, 6) is 1.46. The average Bonchev–Trinajstić information content (AvgIpc) is 3.37. The van der Waals surface area contributed by atoms with Crippen molar-refractivity contribution >= 4 is 11.6 Å². The molecule has 0 saturated carbocycles. The molecule has 5 rings (SSSR count). The number of aromatic nitrogens is 2. The van der Waals surface area contributed by atoms with Crippen molar-refractivity contribution in [3.05, 3.63) is 65.5 Å². The van der Waals surface area contributed by atoms with Crippen LogP contribution in [-0.4, -0.2) is 40.1 Å². The Morgan fingerprint density at radius 2 is 1.97 bits per heavy atom. The third-order valence-electron chi connectivity index (χ3n) is 6.44. The van der Waals surface area contributed by atoms with Gasteiger partial charge in [-0.1, -0.05) is 53.2 Å². The van der Waals surface area contributed by atoms with Crippen molar-refractivity contribution < 1.29 is 9.32 Å². The summed E-state index contributed by atoms with van der Waals surface area (Å²) in [6.45, 7) is 6.45. The molecule has 0 spiro atoms. The first kappa shape index (κ1) is 19.9. The molecule has 0 N–H and O–H groups in total. The van der Waals surface area contributed by atoms with Gasteiger partial charge in [-0.05, 0) is 51.3 Å². The highest BCUT2D eigenvalue weighted by molar-refractivity contribution is 5.97. The van der Waals surface area contributed by atoms with Gasteiger partial charge in [-0.15, -0.1) is 0 Å². The van der Waals surface area contributed by atoms with Crippen LogP contribution in [0.5, 0.6) is 0 Å². The highest BCUT2D eigenvalue weighted by atomic mass is 16.5. The van der Waals surface area contributed by atoms with Crippen LogP contribution < -0.4 is 4.90 Å². The monoisotopic (exact) mass is 416 g/mol. The molecule has 2 unspecified atom stereocenters. The molecule has 31 heavy (non-hydrogen) atoms. The van der Waals surface area contributed by atoms with Gasteiger partial charge in [0.2, 0.25) is 17.6 Å². The molecular formula is C25H28N4O2. The molecule has 2 aromatic carbocycles. The molecule has 1 saturated heterocycles. The van der Waals surface area contributed by atoms with E-state index in [1.807, 2.05) is 35.2 Å². The van der Waals surface area contributed by atoms with E-state index in [0.29, 0.717) is 18.3 Å². The topological polar surface area (TPSA) is 62.5 Å². The first-order chi connectivity index (χ1) is 15.1. The van der Waals surface area contributed by atoms with Gasteiger partial charge in [0.25, 0.3) is 0 Å². The second kappa shape index (κ2) is 8.27. The minimum Gasteiger partial charge on any atom is -0.338 e.